The van der Waals surface area contributed by atoms with Gasteiger partial charge in [0.2, 0.25) is 11.8 Å². The first-order valence-corrected chi connectivity index (χ1v) is 7.21. The molecule has 1 saturated heterocycles. The highest BCUT2D eigenvalue weighted by Gasteiger charge is 2.36. The number of halogens is 1. The van der Waals surface area contributed by atoms with Crippen molar-refractivity contribution >= 4 is 34.9 Å². The summed E-state index contributed by atoms with van der Waals surface area (Å²) in [7, 11) is 0. The van der Waals surface area contributed by atoms with Crippen LogP contribution in [0.4, 0.5) is 11.5 Å². The van der Waals surface area contributed by atoms with Gasteiger partial charge in [-0.25, -0.2) is 0 Å². The van der Waals surface area contributed by atoms with Gasteiger partial charge in [0.1, 0.15) is 5.76 Å². The second kappa shape index (κ2) is 5.81. The molecule has 1 atom stereocenters. The van der Waals surface area contributed by atoms with E-state index in [-0.39, 0.29) is 24.8 Å². The number of nitrogens with one attached hydrogen (secondary N) is 1. The molecule has 6 nitrogen and oxygen atoms in total. The van der Waals surface area contributed by atoms with E-state index in [1.807, 2.05) is 0 Å². The molecule has 1 aliphatic heterocycles. The van der Waals surface area contributed by atoms with Crippen molar-refractivity contribution in [1.82, 2.24) is 5.16 Å². The fourth-order valence-electron chi connectivity index (χ4n) is 2.40. The lowest BCUT2D eigenvalue weighted by Gasteiger charge is -2.13. The Morgan fingerprint density at radius 3 is 2.95 bits per heavy atom. The maximum absolute atomic E-state index is 12.3. The van der Waals surface area contributed by atoms with Crippen molar-refractivity contribution in [2.75, 3.05) is 16.8 Å². The minimum Gasteiger partial charge on any atom is -0.360 e. The van der Waals surface area contributed by atoms with E-state index in [4.69, 9.17) is 16.1 Å². The quantitative estimate of drug-likeness (QED) is 0.943. The lowest BCUT2D eigenvalue weighted by molar-refractivity contribution is -0.122. The van der Waals surface area contributed by atoms with E-state index in [9.17, 15) is 9.59 Å². The van der Waals surface area contributed by atoms with Gasteiger partial charge in [-0.1, -0.05) is 22.8 Å². The molecule has 2 amide bonds. The van der Waals surface area contributed by atoms with Crippen molar-refractivity contribution < 1.29 is 14.1 Å². The van der Waals surface area contributed by atoms with Gasteiger partial charge in [0.25, 0.3) is 0 Å². The highest BCUT2D eigenvalue weighted by molar-refractivity contribution is 6.30. The molecule has 1 N–H and O–H groups in total. The van der Waals surface area contributed by atoms with Crippen molar-refractivity contribution in [3.8, 4) is 0 Å². The van der Waals surface area contributed by atoms with E-state index in [1.165, 1.54) is 4.90 Å². The maximum Gasteiger partial charge on any atom is 0.229 e. The molecule has 0 spiro atoms. The molecule has 0 saturated carbocycles. The van der Waals surface area contributed by atoms with Gasteiger partial charge < -0.3 is 9.84 Å². The Kier molecular flexibility index (Phi) is 3.85. The first-order valence-electron chi connectivity index (χ1n) is 6.83. The summed E-state index contributed by atoms with van der Waals surface area (Å²) in [6.07, 6.45) is 0.151. The second-order valence-electron chi connectivity index (χ2n) is 5.20. The number of amides is 2. The monoisotopic (exact) mass is 319 g/mol. The fraction of sp³-hybridized carbons (Fsp3) is 0.267. The Hall–Kier alpha value is -2.34. The number of benzene rings is 1. The number of hydrogen-bond donors (Lipinski definition) is 1. The molecule has 1 unspecified atom stereocenters. The average molecular weight is 320 g/mol. The topological polar surface area (TPSA) is 75.4 Å². The van der Waals surface area contributed by atoms with Crippen LogP contribution >= 0.6 is 11.6 Å². The first kappa shape index (κ1) is 14.6. The molecule has 22 heavy (non-hydrogen) atoms. The maximum atomic E-state index is 12.3. The van der Waals surface area contributed by atoms with Crippen LogP contribution in [0, 0.1) is 12.8 Å². The third-order valence-corrected chi connectivity index (χ3v) is 3.72. The number of rotatable bonds is 3. The predicted octanol–water partition coefficient (Wildman–Crippen LogP) is 2.63. The van der Waals surface area contributed by atoms with Crippen LogP contribution in [0.25, 0.3) is 0 Å². The summed E-state index contributed by atoms with van der Waals surface area (Å²) in [6.45, 7) is 2.04. The van der Waals surface area contributed by atoms with E-state index in [1.54, 1.807) is 37.3 Å². The zero-order valence-electron chi connectivity index (χ0n) is 11.9. The molecule has 3 rings (SSSR count). The Morgan fingerprint density at radius 1 is 1.45 bits per heavy atom. The summed E-state index contributed by atoms with van der Waals surface area (Å²) in [4.78, 5) is 25.8. The number of hydrogen-bond acceptors (Lipinski definition) is 4. The normalized spacial score (nSPS) is 17.8. The Morgan fingerprint density at radius 2 is 2.27 bits per heavy atom. The Balaban J connectivity index is 1.68. The molecule has 2 heterocycles. The average Bonchev–Trinajstić information content (AvgIpc) is 3.05. The van der Waals surface area contributed by atoms with Gasteiger partial charge in [-0.3, -0.25) is 14.5 Å². The molecule has 114 valence electrons. The van der Waals surface area contributed by atoms with Crippen LogP contribution in [0.1, 0.15) is 12.2 Å². The van der Waals surface area contributed by atoms with E-state index in [0.29, 0.717) is 22.3 Å². The van der Waals surface area contributed by atoms with E-state index < -0.39 is 5.92 Å². The molecule has 1 aromatic carbocycles. The van der Waals surface area contributed by atoms with Crippen LogP contribution in [0.5, 0.6) is 0 Å². The molecular formula is C15H14ClN3O3. The van der Waals surface area contributed by atoms with Gasteiger partial charge in [-0.2, -0.15) is 0 Å². The third-order valence-electron chi connectivity index (χ3n) is 3.48. The van der Waals surface area contributed by atoms with Gasteiger partial charge >= 0.3 is 0 Å². The summed E-state index contributed by atoms with van der Waals surface area (Å²) in [5, 5.41) is 7.14. The zero-order chi connectivity index (χ0) is 15.7. The highest BCUT2D eigenvalue weighted by Crippen LogP contribution is 2.26. The lowest BCUT2D eigenvalue weighted by Crippen LogP contribution is -2.28. The summed E-state index contributed by atoms with van der Waals surface area (Å²) in [5.74, 6) is 0.288. The van der Waals surface area contributed by atoms with Gasteiger partial charge in [0, 0.05) is 29.7 Å². The number of aromatic nitrogens is 1. The van der Waals surface area contributed by atoms with E-state index in [0.717, 1.165) is 0 Å². The lowest BCUT2D eigenvalue weighted by atomic mass is 10.1. The van der Waals surface area contributed by atoms with Crippen molar-refractivity contribution in [2.45, 2.75) is 13.3 Å². The summed E-state index contributed by atoms with van der Waals surface area (Å²) in [6, 6.07) is 8.57. The van der Waals surface area contributed by atoms with Crippen molar-refractivity contribution in [2.24, 2.45) is 5.92 Å². The predicted molar refractivity (Wildman–Crippen MR) is 81.8 cm³/mol. The van der Waals surface area contributed by atoms with E-state index in [2.05, 4.69) is 10.5 Å². The number of carbonyl (C=O) groups excluding carboxylic acids is 2. The van der Waals surface area contributed by atoms with Crippen LogP contribution in [0.2, 0.25) is 5.02 Å². The molecule has 1 fully saturated rings. The highest BCUT2D eigenvalue weighted by atomic mass is 35.5. The number of anilines is 2. The van der Waals surface area contributed by atoms with Crippen LogP contribution in [0.3, 0.4) is 0 Å². The Labute approximate surface area is 132 Å². The Bertz CT molecular complexity index is 728. The molecule has 0 radical (unpaired) electrons. The van der Waals surface area contributed by atoms with Crippen LogP contribution in [0.15, 0.2) is 34.9 Å². The molecule has 0 bridgehead atoms. The number of aryl methyl sites for hydroxylation is 1. The van der Waals surface area contributed by atoms with Crippen LogP contribution in [-0.2, 0) is 9.59 Å². The molecular weight excluding hydrogens is 306 g/mol. The van der Waals surface area contributed by atoms with E-state index >= 15 is 0 Å². The standard InChI is InChI=1S/C15H14ClN3O3/c1-9-5-13(18-22-9)19-8-10(6-14(19)20)15(21)17-12-4-2-3-11(16)7-12/h2-5,7,10H,6,8H2,1H3,(H,17,21). The molecule has 0 aliphatic carbocycles. The smallest absolute Gasteiger partial charge is 0.229 e. The SMILES string of the molecule is Cc1cc(N2CC(C(=O)Nc3cccc(Cl)c3)CC2=O)no1. The summed E-state index contributed by atoms with van der Waals surface area (Å²) < 4.78 is 4.97. The number of nitrogens with zero attached hydrogens (tertiary/aromatic N) is 2. The van der Waals surface area contributed by atoms with Gasteiger partial charge in [0.15, 0.2) is 5.82 Å². The van der Waals surface area contributed by atoms with Gasteiger partial charge in [0.05, 0.1) is 5.92 Å². The van der Waals surface area contributed by atoms with Crippen molar-refractivity contribution in [3.63, 3.8) is 0 Å². The molecule has 7 heteroatoms. The largest absolute Gasteiger partial charge is 0.360 e. The third kappa shape index (κ3) is 2.96. The zero-order valence-corrected chi connectivity index (χ0v) is 12.6. The summed E-state index contributed by atoms with van der Waals surface area (Å²) in [5.41, 5.74) is 0.612. The van der Waals surface area contributed by atoms with Crippen molar-refractivity contribution in [3.05, 3.63) is 41.1 Å². The summed E-state index contributed by atoms with van der Waals surface area (Å²) >= 11 is 5.88. The molecule has 2 aromatic rings. The second-order valence-corrected chi connectivity index (χ2v) is 5.64. The number of carbonyl (C=O) groups is 2. The minimum absolute atomic E-state index is 0.139. The molecule has 1 aliphatic rings. The van der Waals surface area contributed by atoms with Gasteiger partial charge in [-0.15, -0.1) is 0 Å². The molecule has 1 aromatic heterocycles. The first-order chi connectivity index (χ1) is 10.5. The van der Waals surface area contributed by atoms with Crippen molar-refractivity contribution in [1.29, 1.82) is 0 Å². The van der Waals surface area contributed by atoms with Crippen LogP contribution in [-0.4, -0.2) is 23.5 Å². The minimum atomic E-state index is -0.427. The fourth-order valence-corrected chi connectivity index (χ4v) is 2.59. The van der Waals surface area contributed by atoms with Gasteiger partial charge in [-0.05, 0) is 25.1 Å². The van der Waals surface area contributed by atoms with Crippen LogP contribution < -0.4 is 10.2 Å².